The van der Waals surface area contributed by atoms with Gasteiger partial charge in [0.15, 0.2) is 0 Å². The Labute approximate surface area is 109 Å². The average Bonchev–Trinajstić information content (AvgIpc) is 2.27. The summed E-state index contributed by atoms with van der Waals surface area (Å²) in [5.74, 6) is -0.205. The molecule has 6 nitrogen and oxygen atoms in total. The van der Waals surface area contributed by atoms with E-state index in [2.05, 4.69) is 15.0 Å². The molecule has 0 aliphatic carbocycles. The van der Waals surface area contributed by atoms with Crippen molar-refractivity contribution in [1.29, 1.82) is 0 Å². The minimum atomic E-state index is -0.318. The van der Waals surface area contributed by atoms with Gasteiger partial charge >= 0.3 is 0 Å². The molecular formula is C12H25N3O3. The van der Waals surface area contributed by atoms with Crippen molar-refractivity contribution < 1.29 is 14.3 Å². The molecule has 1 amide bonds. The Hall–Kier alpha value is -1.14. The smallest absolute Gasteiger partial charge is 0.293 e. The number of carbonyl (C=O) groups excluding carboxylic acids is 2. The van der Waals surface area contributed by atoms with Crippen molar-refractivity contribution in [3.8, 4) is 0 Å². The summed E-state index contributed by atoms with van der Waals surface area (Å²) in [6.07, 6.45) is 0.486. The Morgan fingerprint density at radius 2 is 1.94 bits per heavy atom. The number of piperazine rings is 1. The molecule has 0 radical (unpaired) electrons. The van der Waals surface area contributed by atoms with Crippen LogP contribution in [0.15, 0.2) is 0 Å². The van der Waals surface area contributed by atoms with Gasteiger partial charge in [-0.05, 0) is 20.8 Å². The molecule has 0 aromatic carbocycles. The summed E-state index contributed by atoms with van der Waals surface area (Å²) in [6, 6.07) is 0. The van der Waals surface area contributed by atoms with Gasteiger partial charge in [0, 0.05) is 39.1 Å². The lowest BCUT2D eigenvalue weighted by atomic mass is 10.2. The summed E-state index contributed by atoms with van der Waals surface area (Å²) >= 11 is 0. The Bertz CT molecular complexity index is 245. The van der Waals surface area contributed by atoms with E-state index in [4.69, 9.17) is 5.73 Å². The second kappa shape index (κ2) is 8.88. The van der Waals surface area contributed by atoms with E-state index in [1.165, 1.54) is 0 Å². The molecule has 0 spiro atoms. The zero-order valence-corrected chi connectivity index (χ0v) is 11.6. The highest BCUT2D eigenvalue weighted by atomic mass is 16.5. The second-order valence-electron chi connectivity index (χ2n) is 5.13. The zero-order valence-electron chi connectivity index (χ0n) is 11.6. The number of nitrogens with two attached hydrogens (primary N) is 1. The van der Waals surface area contributed by atoms with E-state index < -0.39 is 0 Å². The summed E-state index contributed by atoms with van der Waals surface area (Å²) in [5, 5.41) is 3.24. The Morgan fingerprint density at radius 3 is 2.28 bits per heavy atom. The van der Waals surface area contributed by atoms with E-state index in [1.807, 2.05) is 20.8 Å². The molecule has 0 aromatic rings. The van der Waals surface area contributed by atoms with Crippen molar-refractivity contribution in [3.05, 3.63) is 0 Å². The molecule has 3 N–H and O–H groups in total. The summed E-state index contributed by atoms with van der Waals surface area (Å²) in [6.45, 7) is 10.9. The molecule has 1 saturated heterocycles. The summed E-state index contributed by atoms with van der Waals surface area (Å²) in [5.41, 5.74) is 4.71. The molecule has 0 aromatic heterocycles. The highest BCUT2D eigenvalue weighted by molar-refractivity contribution is 5.73. The van der Waals surface area contributed by atoms with Gasteiger partial charge in [0.1, 0.15) is 5.60 Å². The summed E-state index contributed by atoms with van der Waals surface area (Å²) in [4.78, 5) is 22.3. The molecule has 1 fully saturated rings. The predicted octanol–water partition coefficient (Wildman–Crippen LogP) is -0.275. The Morgan fingerprint density at radius 1 is 1.39 bits per heavy atom. The van der Waals surface area contributed by atoms with Crippen LogP contribution in [0.4, 0.5) is 0 Å². The summed E-state index contributed by atoms with van der Waals surface area (Å²) < 4.78 is 4.55. The first-order valence-corrected chi connectivity index (χ1v) is 6.18. The zero-order chi connectivity index (χ0) is 14.0. The first-order valence-electron chi connectivity index (χ1n) is 6.18. The van der Waals surface area contributed by atoms with Crippen LogP contribution in [0, 0.1) is 0 Å². The standard InChI is InChI=1S/C7H15N3O.C5H10O2/c8-7(11)1-4-10-5-2-9-3-6-10;1-5(2,3)7-4-6/h9H,1-6H2,(H2,8,11);4H,1-3H3. The molecule has 18 heavy (non-hydrogen) atoms. The fourth-order valence-corrected chi connectivity index (χ4v) is 1.35. The highest BCUT2D eigenvalue weighted by Crippen LogP contribution is 2.02. The first kappa shape index (κ1) is 16.9. The van der Waals surface area contributed by atoms with Crippen molar-refractivity contribution in [2.24, 2.45) is 5.73 Å². The monoisotopic (exact) mass is 259 g/mol. The summed E-state index contributed by atoms with van der Waals surface area (Å²) in [7, 11) is 0. The van der Waals surface area contributed by atoms with Gasteiger partial charge in [0.05, 0.1) is 0 Å². The SMILES string of the molecule is CC(C)(C)OC=O.NC(=O)CCN1CCNCC1. The lowest BCUT2D eigenvalue weighted by molar-refractivity contribution is -0.138. The number of rotatable bonds is 4. The van der Waals surface area contributed by atoms with Crippen molar-refractivity contribution in [2.45, 2.75) is 32.8 Å². The van der Waals surface area contributed by atoms with E-state index in [0.717, 1.165) is 32.7 Å². The number of carbonyl (C=O) groups is 2. The van der Waals surface area contributed by atoms with E-state index in [-0.39, 0.29) is 11.5 Å². The first-order chi connectivity index (χ1) is 8.35. The maximum atomic E-state index is 10.4. The largest absolute Gasteiger partial charge is 0.462 e. The predicted molar refractivity (Wildman–Crippen MR) is 70.0 cm³/mol. The van der Waals surface area contributed by atoms with Gasteiger partial charge in [-0.3, -0.25) is 9.59 Å². The van der Waals surface area contributed by atoms with Crippen molar-refractivity contribution in [2.75, 3.05) is 32.7 Å². The van der Waals surface area contributed by atoms with Gasteiger partial charge in [0.25, 0.3) is 6.47 Å². The van der Waals surface area contributed by atoms with Crippen LogP contribution in [0.3, 0.4) is 0 Å². The van der Waals surface area contributed by atoms with Gasteiger partial charge in [-0.2, -0.15) is 0 Å². The van der Waals surface area contributed by atoms with Crippen LogP contribution in [-0.4, -0.2) is 55.6 Å². The molecule has 1 aliphatic heterocycles. The molecule has 6 heteroatoms. The number of nitrogens with zero attached hydrogens (tertiary/aromatic N) is 1. The van der Waals surface area contributed by atoms with Crippen molar-refractivity contribution in [1.82, 2.24) is 10.2 Å². The maximum Gasteiger partial charge on any atom is 0.293 e. The van der Waals surface area contributed by atoms with E-state index in [9.17, 15) is 9.59 Å². The quantitative estimate of drug-likeness (QED) is 0.679. The normalized spacial score (nSPS) is 16.4. The number of amides is 1. The highest BCUT2D eigenvalue weighted by Gasteiger charge is 2.09. The Kier molecular flexibility index (Phi) is 8.32. The van der Waals surface area contributed by atoms with Crippen LogP contribution in [0.1, 0.15) is 27.2 Å². The van der Waals surface area contributed by atoms with Crippen LogP contribution in [0.25, 0.3) is 0 Å². The topological polar surface area (TPSA) is 84.7 Å². The van der Waals surface area contributed by atoms with Gasteiger partial charge in [0.2, 0.25) is 5.91 Å². The van der Waals surface area contributed by atoms with E-state index in [1.54, 1.807) is 0 Å². The molecule has 0 bridgehead atoms. The van der Waals surface area contributed by atoms with Gasteiger partial charge in [-0.25, -0.2) is 0 Å². The Balaban J connectivity index is 0.000000360. The van der Waals surface area contributed by atoms with Crippen LogP contribution in [0.5, 0.6) is 0 Å². The fourth-order valence-electron chi connectivity index (χ4n) is 1.35. The third-order valence-corrected chi connectivity index (χ3v) is 2.29. The molecule has 1 aliphatic rings. The van der Waals surface area contributed by atoms with Crippen molar-refractivity contribution >= 4 is 12.4 Å². The van der Waals surface area contributed by atoms with Crippen LogP contribution < -0.4 is 11.1 Å². The molecule has 1 heterocycles. The minimum Gasteiger partial charge on any atom is -0.462 e. The minimum absolute atomic E-state index is 0.205. The number of hydrogen-bond acceptors (Lipinski definition) is 5. The van der Waals surface area contributed by atoms with Crippen LogP contribution in [0.2, 0.25) is 0 Å². The van der Waals surface area contributed by atoms with E-state index in [0.29, 0.717) is 12.9 Å². The molecular weight excluding hydrogens is 234 g/mol. The van der Waals surface area contributed by atoms with Crippen molar-refractivity contribution in [3.63, 3.8) is 0 Å². The number of primary amides is 1. The fraction of sp³-hybridized carbons (Fsp3) is 0.833. The second-order valence-corrected chi connectivity index (χ2v) is 5.13. The lowest BCUT2D eigenvalue weighted by Gasteiger charge is -2.26. The molecule has 0 saturated carbocycles. The van der Waals surface area contributed by atoms with Gasteiger partial charge in [-0.15, -0.1) is 0 Å². The molecule has 0 unspecified atom stereocenters. The van der Waals surface area contributed by atoms with Gasteiger partial charge in [-0.1, -0.05) is 0 Å². The average molecular weight is 259 g/mol. The molecule has 0 atom stereocenters. The van der Waals surface area contributed by atoms with E-state index >= 15 is 0 Å². The molecule has 106 valence electrons. The van der Waals surface area contributed by atoms with Gasteiger partial charge < -0.3 is 20.7 Å². The van der Waals surface area contributed by atoms with Crippen LogP contribution in [-0.2, 0) is 14.3 Å². The number of ether oxygens (including phenoxy) is 1. The number of hydrogen-bond donors (Lipinski definition) is 2. The lowest BCUT2D eigenvalue weighted by Crippen LogP contribution is -2.44. The maximum absolute atomic E-state index is 10.4. The number of nitrogens with one attached hydrogen (secondary N) is 1. The third kappa shape index (κ3) is 11.3. The molecule has 1 rings (SSSR count). The van der Waals surface area contributed by atoms with Crippen LogP contribution >= 0.6 is 0 Å². The third-order valence-electron chi connectivity index (χ3n) is 2.29.